The van der Waals surface area contributed by atoms with Crippen LogP contribution in [0.25, 0.3) is 5.82 Å². The van der Waals surface area contributed by atoms with Crippen molar-refractivity contribution < 1.29 is 0 Å². The number of aromatic nitrogens is 4. The molecule has 0 amide bonds. The van der Waals surface area contributed by atoms with Gasteiger partial charge in [0, 0.05) is 22.4 Å². The SMILES string of the molecule is CN1N=C(SCc2ccc(I)cc2C#N)Sc2c1cnn(-c1ccn[nH]1)c2=O. The summed E-state index contributed by atoms with van der Waals surface area (Å²) in [6, 6.07) is 9.71. The number of hydrogen-bond acceptors (Lipinski definition) is 8. The number of rotatable bonds is 3. The number of nitrogens with one attached hydrogen (secondary N) is 1. The molecule has 2 aromatic heterocycles. The molecule has 0 radical (unpaired) electrons. The molecule has 1 aliphatic rings. The fourth-order valence-corrected chi connectivity index (χ4v) is 5.22. The minimum Gasteiger partial charge on any atom is -0.266 e. The highest BCUT2D eigenvalue weighted by Crippen LogP contribution is 2.36. The second-order valence-corrected chi connectivity index (χ2v) is 9.18. The Morgan fingerprint density at radius 2 is 2.25 bits per heavy atom. The molecule has 3 aromatic rings. The largest absolute Gasteiger partial charge is 0.289 e. The molecule has 0 saturated carbocycles. The number of halogens is 1. The Morgan fingerprint density at radius 1 is 1.39 bits per heavy atom. The molecule has 0 atom stereocenters. The Morgan fingerprint density at radius 3 is 3.00 bits per heavy atom. The molecule has 8 nitrogen and oxygen atoms in total. The van der Waals surface area contributed by atoms with Gasteiger partial charge in [0.2, 0.25) is 0 Å². The fourth-order valence-electron chi connectivity index (χ4n) is 2.55. The summed E-state index contributed by atoms with van der Waals surface area (Å²) in [7, 11) is 1.78. The van der Waals surface area contributed by atoms with Gasteiger partial charge < -0.3 is 0 Å². The first-order valence-electron chi connectivity index (χ1n) is 8.00. The summed E-state index contributed by atoms with van der Waals surface area (Å²) in [5, 5.41) is 26.3. The highest BCUT2D eigenvalue weighted by molar-refractivity contribution is 14.1. The average Bonchev–Trinajstić information content (AvgIpc) is 3.22. The highest BCUT2D eigenvalue weighted by Gasteiger charge is 2.24. The van der Waals surface area contributed by atoms with Gasteiger partial charge in [-0.05, 0) is 40.3 Å². The van der Waals surface area contributed by atoms with E-state index in [1.807, 2.05) is 18.2 Å². The van der Waals surface area contributed by atoms with Crippen LogP contribution in [0.5, 0.6) is 0 Å². The van der Waals surface area contributed by atoms with Crippen LogP contribution in [0, 0.1) is 14.9 Å². The number of hydrogen-bond donors (Lipinski definition) is 1. The topological polar surface area (TPSA) is 103 Å². The van der Waals surface area contributed by atoms with E-state index in [0.717, 1.165) is 13.5 Å². The van der Waals surface area contributed by atoms with Crippen LogP contribution in [-0.4, -0.2) is 31.4 Å². The second kappa shape index (κ2) is 7.98. The van der Waals surface area contributed by atoms with Gasteiger partial charge >= 0.3 is 0 Å². The quantitative estimate of drug-likeness (QED) is 0.529. The molecule has 0 bridgehead atoms. The van der Waals surface area contributed by atoms with Crippen molar-refractivity contribution in [3.63, 3.8) is 0 Å². The number of benzene rings is 1. The summed E-state index contributed by atoms with van der Waals surface area (Å²) in [5.74, 6) is 1.10. The first-order valence-corrected chi connectivity index (χ1v) is 10.9. The van der Waals surface area contributed by atoms with Gasteiger partial charge in [0.1, 0.15) is 4.90 Å². The van der Waals surface area contributed by atoms with E-state index in [4.69, 9.17) is 0 Å². The lowest BCUT2D eigenvalue weighted by Gasteiger charge is -2.23. The summed E-state index contributed by atoms with van der Waals surface area (Å²) in [6.07, 6.45) is 3.18. The van der Waals surface area contributed by atoms with Crippen LogP contribution < -0.4 is 10.6 Å². The van der Waals surface area contributed by atoms with Crippen molar-refractivity contribution in [1.29, 1.82) is 5.26 Å². The molecular weight excluding hydrogens is 509 g/mol. The number of nitriles is 1. The third kappa shape index (κ3) is 3.67. The van der Waals surface area contributed by atoms with Crippen molar-refractivity contribution in [3.05, 3.63) is 61.7 Å². The van der Waals surface area contributed by atoms with Gasteiger partial charge in [-0.1, -0.05) is 29.6 Å². The first kappa shape index (κ1) is 19.0. The molecule has 4 rings (SSSR count). The van der Waals surface area contributed by atoms with Gasteiger partial charge in [0.15, 0.2) is 10.2 Å². The van der Waals surface area contributed by atoms with Crippen molar-refractivity contribution in [2.24, 2.45) is 5.10 Å². The van der Waals surface area contributed by atoms with Crippen molar-refractivity contribution in [2.45, 2.75) is 10.6 Å². The number of hydrazone groups is 1. The van der Waals surface area contributed by atoms with Gasteiger partial charge in [-0.2, -0.15) is 25.2 Å². The number of H-pyrrole nitrogens is 1. The summed E-state index contributed by atoms with van der Waals surface area (Å²) in [5.41, 5.74) is 2.01. The van der Waals surface area contributed by atoms with Gasteiger partial charge in [-0.25, -0.2) is 0 Å². The van der Waals surface area contributed by atoms with Crippen LogP contribution in [0.15, 0.2) is 51.5 Å². The molecule has 0 unspecified atom stereocenters. The lowest BCUT2D eigenvalue weighted by molar-refractivity contribution is 0.747. The molecule has 140 valence electrons. The lowest BCUT2D eigenvalue weighted by atomic mass is 10.1. The second-order valence-electron chi connectivity index (χ2n) is 5.71. The van der Waals surface area contributed by atoms with E-state index in [9.17, 15) is 10.1 Å². The summed E-state index contributed by atoms with van der Waals surface area (Å²) < 4.78 is 3.04. The van der Waals surface area contributed by atoms with E-state index in [2.05, 4.69) is 49.1 Å². The van der Waals surface area contributed by atoms with Crippen LogP contribution in [0.3, 0.4) is 0 Å². The number of nitrogens with zero attached hydrogens (tertiary/aromatic N) is 6. The smallest absolute Gasteiger partial charge is 0.266 e. The molecule has 0 spiro atoms. The molecule has 1 N–H and O–H groups in total. The number of aromatic amines is 1. The Kier molecular flexibility index (Phi) is 5.42. The Hall–Kier alpha value is -2.30. The molecule has 28 heavy (non-hydrogen) atoms. The monoisotopic (exact) mass is 521 g/mol. The third-order valence-electron chi connectivity index (χ3n) is 3.94. The molecule has 3 heterocycles. The zero-order chi connectivity index (χ0) is 19.7. The Labute approximate surface area is 182 Å². The van der Waals surface area contributed by atoms with Crippen LogP contribution in [0.1, 0.15) is 11.1 Å². The van der Waals surface area contributed by atoms with E-state index in [0.29, 0.717) is 27.7 Å². The predicted octanol–water partition coefficient (Wildman–Crippen LogP) is 3.18. The van der Waals surface area contributed by atoms with Gasteiger partial charge in [0.25, 0.3) is 5.56 Å². The van der Waals surface area contributed by atoms with E-state index in [1.165, 1.54) is 28.2 Å². The molecular formula is C17H12IN7OS2. The highest BCUT2D eigenvalue weighted by atomic mass is 127. The maximum Gasteiger partial charge on any atom is 0.289 e. The van der Waals surface area contributed by atoms with E-state index in [1.54, 1.807) is 30.5 Å². The van der Waals surface area contributed by atoms with Crippen molar-refractivity contribution in [3.8, 4) is 11.9 Å². The molecule has 11 heteroatoms. The fraction of sp³-hybridized carbons (Fsp3) is 0.118. The van der Waals surface area contributed by atoms with Crippen molar-refractivity contribution in [1.82, 2.24) is 20.0 Å². The van der Waals surface area contributed by atoms with Crippen molar-refractivity contribution in [2.75, 3.05) is 12.1 Å². The minimum absolute atomic E-state index is 0.237. The van der Waals surface area contributed by atoms with Gasteiger partial charge in [-0.3, -0.25) is 14.9 Å². The minimum atomic E-state index is -0.237. The van der Waals surface area contributed by atoms with Gasteiger partial charge in [0.05, 0.1) is 29.7 Å². The molecule has 0 aliphatic carbocycles. The molecule has 0 fully saturated rings. The number of fused-ring (bicyclic) bond motifs is 1. The third-order valence-corrected chi connectivity index (χ3v) is 6.84. The van der Waals surface area contributed by atoms with Crippen LogP contribution in [0.4, 0.5) is 5.69 Å². The summed E-state index contributed by atoms with van der Waals surface area (Å²) in [4.78, 5) is 13.5. The van der Waals surface area contributed by atoms with Crippen LogP contribution >= 0.6 is 46.1 Å². The maximum atomic E-state index is 12.9. The first-order chi connectivity index (χ1) is 13.6. The predicted molar refractivity (Wildman–Crippen MR) is 119 cm³/mol. The number of anilines is 1. The Bertz CT molecular complexity index is 1170. The summed E-state index contributed by atoms with van der Waals surface area (Å²) in [6.45, 7) is 0. The van der Waals surface area contributed by atoms with Crippen molar-refractivity contribution >= 4 is 56.2 Å². The van der Waals surface area contributed by atoms with E-state index in [-0.39, 0.29) is 5.56 Å². The zero-order valence-electron chi connectivity index (χ0n) is 14.5. The van der Waals surface area contributed by atoms with E-state index < -0.39 is 0 Å². The molecule has 0 saturated heterocycles. The van der Waals surface area contributed by atoms with Crippen LogP contribution in [-0.2, 0) is 5.75 Å². The van der Waals surface area contributed by atoms with Gasteiger partial charge in [-0.15, -0.1) is 0 Å². The van der Waals surface area contributed by atoms with Crippen LogP contribution in [0.2, 0.25) is 0 Å². The standard InChI is InChI=1S/C17H12IN7OS2/c1-24-13-8-21-25(14-4-5-20-22-14)16(26)15(13)28-17(23-24)27-9-10-2-3-12(18)6-11(10)7-19/h2-6,8H,9H2,1H3,(H,20,22). The average molecular weight is 521 g/mol. The maximum absolute atomic E-state index is 12.9. The zero-order valence-corrected chi connectivity index (χ0v) is 18.2. The normalized spacial score (nSPS) is 13.0. The lowest BCUT2D eigenvalue weighted by Crippen LogP contribution is -2.28. The Balaban J connectivity index is 1.59. The molecule has 1 aromatic carbocycles. The summed E-state index contributed by atoms with van der Waals surface area (Å²) >= 11 is 5.00. The van der Waals surface area contributed by atoms with E-state index >= 15 is 0 Å². The molecule has 1 aliphatic heterocycles. The number of thioether (sulfide) groups is 2.